The lowest BCUT2D eigenvalue weighted by atomic mass is 9.95. The number of carbonyl (C=O) groups excluding carboxylic acids is 1. The first-order chi connectivity index (χ1) is 12.9. The van der Waals surface area contributed by atoms with Crippen LogP contribution >= 0.6 is 11.8 Å². The molecule has 2 aromatic carbocycles. The summed E-state index contributed by atoms with van der Waals surface area (Å²) in [6, 6.07) is 15.2. The lowest BCUT2D eigenvalue weighted by Crippen LogP contribution is -2.17. The Kier molecular flexibility index (Phi) is 5.65. The van der Waals surface area contributed by atoms with Gasteiger partial charge in [-0.1, -0.05) is 50.7 Å². The molecule has 1 N–H and O–H groups in total. The minimum Gasteiger partial charge on any atom is -0.497 e. The monoisotopic (exact) mass is 381 g/mol. The number of aromatic nitrogens is 2. The van der Waals surface area contributed by atoms with E-state index in [-0.39, 0.29) is 17.1 Å². The number of nitrogens with one attached hydrogen (secondary N) is 1. The Bertz CT molecular complexity index is 950. The zero-order chi connectivity index (χ0) is 19.4. The van der Waals surface area contributed by atoms with Crippen LogP contribution < -0.4 is 10.1 Å². The van der Waals surface area contributed by atoms with E-state index < -0.39 is 0 Å². The number of fused-ring (bicyclic) bond motifs is 1. The predicted octanol–water partition coefficient (Wildman–Crippen LogP) is 4.67. The minimum absolute atomic E-state index is 0.0785. The minimum atomic E-state index is -0.162. The van der Waals surface area contributed by atoms with Gasteiger partial charge in [0, 0.05) is 16.5 Å². The van der Waals surface area contributed by atoms with Gasteiger partial charge in [-0.2, -0.15) is 0 Å². The smallest absolute Gasteiger partial charge is 0.234 e. The summed E-state index contributed by atoms with van der Waals surface area (Å²) in [6.45, 7) is 6.26. The normalized spacial score (nSPS) is 11.4. The number of methoxy groups -OCH3 is 1. The fraction of sp³-hybridized carbons (Fsp3) is 0.286. The molecule has 27 heavy (non-hydrogen) atoms. The van der Waals surface area contributed by atoms with E-state index in [9.17, 15) is 4.79 Å². The number of hydrogen-bond acceptors (Lipinski definition) is 5. The van der Waals surface area contributed by atoms with E-state index in [2.05, 4.69) is 31.1 Å². The first-order valence-corrected chi connectivity index (χ1v) is 9.69. The summed E-state index contributed by atoms with van der Waals surface area (Å²) in [5.41, 5.74) is 1.48. The van der Waals surface area contributed by atoms with Crippen LogP contribution in [0.1, 0.15) is 26.6 Å². The molecular formula is C21H23N3O2S. The summed E-state index contributed by atoms with van der Waals surface area (Å²) in [7, 11) is 1.61. The molecule has 6 heteroatoms. The highest BCUT2D eigenvalue weighted by molar-refractivity contribution is 8.00. The van der Waals surface area contributed by atoms with Gasteiger partial charge in [0.05, 0.1) is 18.4 Å². The van der Waals surface area contributed by atoms with Crippen LogP contribution in [0, 0.1) is 0 Å². The first-order valence-electron chi connectivity index (χ1n) is 8.71. The van der Waals surface area contributed by atoms with Gasteiger partial charge in [0.25, 0.3) is 0 Å². The van der Waals surface area contributed by atoms with Crippen molar-refractivity contribution in [3.8, 4) is 5.75 Å². The van der Waals surface area contributed by atoms with Crippen molar-refractivity contribution >= 4 is 34.3 Å². The van der Waals surface area contributed by atoms with Gasteiger partial charge in [0.1, 0.15) is 16.6 Å². The third-order valence-corrected chi connectivity index (χ3v) is 4.94. The highest BCUT2D eigenvalue weighted by atomic mass is 32.2. The number of thioether (sulfide) groups is 1. The zero-order valence-corrected chi connectivity index (χ0v) is 16.8. The summed E-state index contributed by atoms with van der Waals surface area (Å²) < 4.78 is 5.13. The van der Waals surface area contributed by atoms with Gasteiger partial charge < -0.3 is 10.1 Å². The van der Waals surface area contributed by atoms with Crippen LogP contribution in [0.5, 0.6) is 5.75 Å². The van der Waals surface area contributed by atoms with Crippen molar-refractivity contribution < 1.29 is 9.53 Å². The molecule has 0 aliphatic rings. The Morgan fingerprint density at radius 1 is 1.07 bits per heavy atom. The third kappa shape index (κ3) is 4.77. The van der Waals surface area contributed by atoms with Crippen LogP contribution in [0.2, 0.25) is 0 Å². The van der Waals surface area contributed by atoms with Crippen LogP contribution in [0.4, 0.5) is 5.69 Å². The summed E-state index contributed by atoms with van der Waals surface area (Å²) >= 11 is 1.43. The number of hydrogen-bond donors (Lipinski definition) is 1. The molecule has 1 amide bonds. The molecule has 0 spiro atoms. The van der Waals surface area contributed by atoms with Crippen LogP contribution in [0.3, 0.4) is 0 Å². The van der Waals surface area contributed by atoms with Crippen molar-refractivity contribution in [2.24, 2.45) is 0 Å². The summed E-state index contributed by atoms with van der Waals surface area (Å²) in [5.74, 6) is 1.73. The molecule has 1 aromatic heterocycles. The average molecular weight is 382 g/mol. The third-order valence-electron chi connectivity index (χ3n) is 3.95. The molecule has 1 heterocycles. The molecule has 0 unspecified atom stereocenters. The predicted molar refractivity (Wildman–Crippen MR) is 111 cm³/mol. The molecule has 140 valence electrons. The van der Waals surface area contributed by atoms with Gasteiger partial charge in [0.2, 0.25) is 5.91 Å². The summed E-state index contributed by atoms with van der Waals surface area (Å²) in [6.07, 6.45) is 0. The molecule has 0 atom stereocenters. The number of rotatable bonds is 5. The number of nitrogens with zero attached hydrogens (tertiary/aromatic N) is 2. The van der Waals surface area contributed by atoms with Gasteiger partial charge in [-0.25, -0.2) is 9.97 Å². The van der Waals surface area contributed by atoms with E-state index in [1.54, 1.807) is 7.11 Å². The fourth-order valence-corrected chi connectivity index (χ4v) is 3.32. The molecular weight excluding hydrogens is 358 g/mol. The highest BCUT2D eigenvalue weighted by Gasteiger charge is 2.20. The van der Waals surface area contributed by atoms with Crippen molar-refractivity contribution in [3.63, 3.8) is 0 Å². The van der Waals surface area contributed by atoms with Gasteiger partial charge in [-0.15, -0.1) is 0 Å². The molecule has 0 bridgehead atoms. The maximum absolute atomic E-state index is 12.4. The lowest BCUT2D eigenvalue weighted by molar-refractivity contribution is -0.113. The summed E-state index contributed by atoms with van der Waals surface area (Å²) in [5, 5.41) is 4.69. The standard InChI is InChI=1S/C21H23N3O2S/c1-21(2,3)20-23-17-8-6-5-7-16(17)19(24-20)27-13-18(25)22-14-9-11-15(26-4)12-10-14/h5-12H,13H2,1-4H3,(H,22,25). The van der Waals surface area contributed by atoms with E-state index in [0.717, 1.165) is 33.2 Å². The molecule has 0 saturated carbocycles. The molecule has 0 radical (unpaired) electrons. The second-order valence-corrected chi connectivity index (χ2v) is 8.15. The Morgan fingerprint density at radius 2 is 1.78 bits per heavy atom. The maximum Gasteiger partial charge on any atom is 0.234 e. The molecule has 5 nitrogen and oxygen atoms in total. The fourth-order valence-electron chi connectivity index (χ4n) is 2.50. The van der Waals surface area contributed by atoms with Crippen LogP contribution in [0.15, 0.2) is 53.6 Å². The van der Waals surface area contributed by atoms with E-state index >= 15 is 0 Å². The summed E-state index contributed by atoms with van der Waals surface area (Å²) in [4.78, 5) is 21.8. The van der Waals surface area contributed by atoms with Crippen molar-refractivity contribution in [3.05, 3.63) is 54.4 Å². The topological polar surface area (TPSA) is 64.1 Å². The van der Waals surface area contributed by atoms with Crippen molar-refractivity contribution in [1.82, 2.24) is 9.97 Å². The molecule has 0 fully saturated rings. The molecule has 0 saturated heterocycles. The van der Waals surface area contributed by atoms with Crippen molar-refractivity contribution in [2.45, 2.75) is 31.2 Å². The van der Waals surface area contributed by atoms with Crippen LogP contribution in [-0.4, -0.2) is 28.7 Å². The Morgan fingerprint density at radius 3 is 2.44 bits per heavy atom. The number of carbonyl (C=O) groups is 1. The van der Waals surface area contributed by atoms with E-state index in [0.29, 0.717) is 0 Å². The Hall–Kier alpha value is -2.60. The molecule has 3 rings (SSSR count). The van der Waals surface area contributed by atoms with E-state index in [1.807, 2.05) is 48.5 Å². The second-order valence-electron chi connectivity index (χ2n) is 7.18. The molecule has 0 aliphatic carbocycles. The molecule has 3 aromatic rings. The second kappa shape index (κ2) is 7.96. The van der Waals surface area contributed by atoms with Crippen LogP contribution in [-0.2, 0) is 10.2 Å². The zero-order valence-electron chi connectivity index (χ0n) is 15.9. The first kappa shape index (κ1) is 19.2. The van der Waals surface area contributed by atoms with Gasteiger partial charge >= 0.3 is 0 Å². The molecule has 0 aliphatic heterocycles. The largest absolute Gasteiger partial charge is 0.497 e. The lowest BCUT2D eigenvalue weighted by Gasteiger charge is -2.18. The maximum atomic E-state index is 12.4. The Labute approximate surface area is 163 Å². The SMILES string of the molecule is COc1ccc(NC(=O)CSc2nc(C(C)(C)C)nc3ccccc23)cc1. The van der Waals surface area contributed by atoms with Gasteiger partial charge in [0.15, 0.2) is 0 Å². The number of para-hydroxylation sites is 1. The van der Waals surface area contributed by atoms with Gasteiger partial charge in [-0.05, 0) is 30.3 Å². The number of amides is 1. The Balaban J connectivity index is 1.76. The van der Waals surface area contributed by atoms with Gasteiger partial charge in [-0.3, -0.25) is 4.79 Å². The average Bonchev–Trinajstić information content (AvgIpc) is 2.65. The van der Waals surface area contributed by atoms with E-state index in [4.69, 9.17) is 9.72 Å². The van der Waals surface area contributed by atoms with Crippen molar-refractivity contribution in [2.75, 3.05) is 18.2 Å². The van der Waals surface area contributed by atoms with Crippen LogP contribution in [0.25, 0.3) is 10.9 Å². The van der Waals surface area contributed by atoms with Crippen molar-refractivity contribution in [1.29, 1.82) is 0 Å². The highest BCUT2D eigenvalue weighted by Crippen LogP contribution is 2.29. The quantitative estimate of drug-likeness (QED) is 0.514. The van der Waals surface area contributed by atoms with E-state index in [1.165, 1.54) is 11.8 Å². The number of anilines is 1. The number of benzene rings is 2. The number of ether oxygens (including phenoxy) is 1.